The van der Waals surface area contributed by atoms with E-state index in [1.807, 2.05) is 12.1 Å². The van der Waals surface area contributed by atoms with Gasteiger partial charge in [-0.3, -0.25) is 4.79 Å². The van der Waals surface area contributed by atoms with E-state index < -0.39 is 5.41 Å². The fourth-order valence-electron chi connectivity index (χ4n) is 3.95. The van der Waals surface area contributed by atoms with Gasteiger partial charge in [0.15, 0.2) is 11.5 Å². The van der Waals surface area contributed by atoms with Crippen LogP contribution in [0.25, 0.3) is 11.1 Å². The first-order valence-electron chi connectivity index (χ1n) is 9.28. The SMILES string of the molecule is COc1ccc2c(c1OC(=O)C(C)(C)C)-c1cc(F)cc3c1C(C2)NCC3. The van der Waals surface area contributed by atoms with E-state index in [0.717, 1.165) is 47.2 Å². The predicted octanol–water partition coefficient (Wildman–Crippen LogP) is 4.20. The van der Waals surface area contributed by atoms with Crippen molar-refractivity contribution in [1.82, 2.24) is 5.32 Å². The molecule has 1 aliphatic heterocycles. The zero-order valence-corrected chi connectivity index (χ0v) is 16.1. The molecule has 0 saturated carbocycles. The molecule has 1 atom stereocenters. The molecule has 0 radical (unpaired) electrons. The van der Waals surface area contributed by atoms with Crippen LogP contribution in [0.4, 0.5) is 4.39 Å². The normalized spacial score (nSPS) is 17.7. The average Bonchev–Trinajstić information content (AvgIpc) is 2.60. The molecule has 2 aromatic carbocycles. The van der Waals surface area contributed by atoms with Gasteiger partial charge in [0.2, 0.25) is 0 Å². The Labute approximate surface area is 158 Å². The van der Waals surface area contributed by atoms with Crippen molar-refractivity contribution in [1.29, 1.82) is 0 Å². The van der Waals surface area contributed by atoms with Crippen LogP contribution in [0, 0.1) is 11.2 Å². The van der Waals surface area contributed by atoms with E-state index in [1.165, 1.54) is 0 Å². The maximum atomic E-state index is 14.4. The largest absolute Gasteiger partial charge is 0.493 e. The summed E-state index contributed by atoms with van der Waals surface area (Å²) in [5, 5.41) is 3.53. The van der Waals surface area contributed by atoms with Crippen molar-refractivity contribution in [3.8, 4) is 22.6 Å². The minimum Gasteiger partial charge on any atom is -0.493 e. The maximum Gasteiger partial charge on any atom is 0.316 e. The van der Waals surface area contributed by atoms with E-state index in [2.05, 4.69) is 5.32 Å². The highest BCUT2D eigenvalue weighted by atomic mass is 19.1. The summed E-state index contributed by atoms with van der Waals surface area (Å²) in [4.78, 5) is 12.6. The molecule has 1 N–H and O–H groups in total. The number of hydrogen-bond donors (Lipinski definition) is 1. The number of hydrogen-bond acceptors (Lipinski definition) is 4. The van der Waals surface area contributed by atoms with E-state index in [4.69, 9.17) is 9.47 Å². The highest BCUT2D eigenvalue weighted by Crippen LogP contribution is 2.49. The molecule has 0 fully saturated rings. The lowest BCUT2D eigenvalue weighted by molar-refractivity contribution is -0.143. The number of fused-ring (bicyclic) bond motifs is 2. The molecule has 1 unspecified atom stereocenters. The van der Waals surface area contributed by atoms with Crippen LogP contribution in [-0.2, 0) is 17.6 Å². The molecule has 1 aliphatic carbocycles. The summed E-state index contributed by atoms with van der Waals surface area (Å²) in [6.45, 7) is 6.25. The number of nitrogens with one attached hydrogen (secondary N) is 1. The standard InChI is InChI=1S/C22H24FNO3/c1-22(2,3)21(25)27-20-17(26-4)6-5-12-10-16-18-13(7-8-24-16)9-14(23)11-15(18)19(12)20/h5-6,9,11,16,24H,7-8,10H2,1-4H3. The molecule has 2 aliphatic rings. The fraction of sp³-hybridized carbons (Fsp3) is 0.409. The minimum absolute atomic E-state index is 0.149. The third-order valence-electron chi connectivity index (χ3n) is 5.29. The smallest absolute Gasteiger partial charge is 0.316 e. The van der Waals surface area contributed by atoms with Gasteiger partial charge in [-0.05, 0) is 80.6 Å². The first kappa shape index (κ1) is 18.0. The van der Waals surface area contributed by atoms with Gasteiger partial charge >= 0.3 is 5.97 Å². The quantitative estimate of drug-likeness (QED) is 0.637. The third kappa shape index (κ3) is 3.00. The van der Waals surface area contributed by atoms with Gasteiger partial charge in [-0.15, -0.1) is 0 Å². The molecular formula is C22H24FNO3. The second-order valence-corrected chi connectivity index (χ2v) is 8.26. The minimum atomic E-state index is -0.659. The summed E-state index contributed by atoms with van der Waals surface area (Å²) >= 11 is 0. The van der Waals surface area contributed by atoms with E-state index in [0.29, 0.717) is 11.5 Å². The Balaban J connectivity index is 1.95. The van der Waals surface area contributed by atoms with Gasteiger partial charge in [-0.2, -0.15) is 0 Å². The average molecular weight is 369 g/mol. The first-order chi connectivity index (χ1) is 12.8. The van der Waals surface area contributed by atoms with Crippen LogP contribution < -0.4 is 14.8 Å². The number of halogens is 1. The van der Waals surface area contributed by atoms with Crippen molar-refractivity contribution in [2.45, 2.75) is 39.7 Å². The van der Waals surface area contributed by atoms with Crippen molar-refractivity contribution in [3.05, 3.63) is 46.8 Å². The number of methoxy groups -OCH3 is 1. The highest BCUT2D eigenvalue weighted by Gasteiger charge is 2.34. The third-order valence-corrected chi connectivity index (χ3v) is 5.29. The predicted molar refractivity (Wildman–Crippen MR) is 102 cm³/mol. The lowest BCUT2D eigenvalue weighted by atomic mass is 9.77. The van der Waals surface area contributed by atoms with Crippen LogP contribution in [0.2, 0.25) is 0 Å². The van der Waals surface area contributed by atoms with Crippen molar-refractivity contribution in [2.75, 3.05) is 13.7 Å². The molecule has 27 heavy (non-hydrogen) atoms. The van der Waals surface area contributed by atoms with Crippen molar-refractivity contribution in [2.24, 2.45) is 5.41 Å². The fourth-order valence-corrected chi connectivity index (χ4v) is 3.95. The Kier molecular flexibility index (Phi) is 4.22. The first-order valence-corrected chi connectivity index (χ1v) is 9.28. The van der Waals surface area contributed by atoms with E-state index in [-0.39, 0.29) is 17.8 Å². The zero-order valence-electron chi connectivity index (χ0n) is 16.1. The van der Waals surface area contributed by atoms with Crippen LogP contribution in [-0.4, -0.2) is 19.6 Å². The number of benzene rings is 2. The molecule has 1 heterocycles. The summed E-state index contributed by atoms with van der Waals surface area (Å²) < 4.78 is 25.7. The molecule has 4 nitrogen and oxygen atoms in total. The molecule has 0 amide bonds. The zero-order chi connectivity index (χ0) is 19.3. The van der Waals surface area contributed by atoms with Crippen molar-refractivity contribution in [3.63, 3.8) is 0 Å². The van der Waals surface area contributed by atoms with Crippen molar-refractivity contribution >= 4 is 5.97 Å². The van der Waals surface area contributed by atoms with Gasteiger partial charge in [-0.1, -0.05) is 6.07 Å². The summed E-state index contributed by atoms with van der Waals surface area (Å²) in [7, 11) is 1.55. The van der Waals surface area contributed by atoms with Gasteiger partial charge in [0.05, 0.1) is 12.5 Å². The Hall–Kier alpha value is -2.40. The van der Waals surface area contributed by atoms with Crippen molar-refractivity contribution < 1.29 is 18.7 Å². The number of carbonyl (C=O) groups is 1. The number of rotatable bonds is 2. The van der Waals surface area contributed by atoms with Gasteiger partial charge in [-0.25, -0.2) is 4.39 Å². The van der Waals surface area contributed by atoms with Crippen LogP contribution in [0.3, 0.4) is 0 Å². The van der Waals surface area contributed by atoms with Gasteiger partial charge in [0.1, 0.15) is 5.82 Å². The summed E-state index contributed by atoms with van der Waals surface area (Å²) in [5.74, 6) is 0.242. The topological polar surface area (TPSA) is 47.6 Å². The second kappa shape index (κ2) is 6.34. The molecule has 142 valence electrons. The summed E-state index contributed by atoms with van der Waals surface area (Å²) in [5.41, 5.74) is 4.05. The molecule has 5 heteroatoms. The molecule has 0 saturated heterocycles. The van der Waals surface area contributed by atoms with Crippen LogP contribution in [0.5, 0.6) is 11.5 Å². The Bertz CT molecular complexity index is 930. The van der Waals surface area contributed by atoms with Gasteiger partial charge in [0, 0.05) is 11.6 Å². The number of ether oxygens (including phenoxy) is 2. The monoisotopic (exact) mass is 369 g/mol. The van der Waals surface area contributed by atoms with E-state index in [9.17, 15) is 9.18 Å². The summed E-state index contributed by atoms with van der Waals surface area (Å²) in [6, 6.07) is 7.12. The lowest BCUT2D eigenvalue weighted by Crippen LogP contribution is -2.34. The van der Waals surface area contributed by atoms with Crippen LogP contribution >= 0.6 is 0 Å². The molecule has 0 spiro atoms. The molecule has 0 aromatic heterocycles. The molecule has 4 rings (SSSR count). The van der Waals surface area contributed by atoms with Crippen LogP contribution in [0.1, 0.15) is 43.5 Å². The highest BCUT2D eigenvalue weighted by molar-refractivity contribution is 5.87. The maximum absolute atomic E-state index is 14.4. The summed E-state index contributed by atoms with van der Waals surface area (Å²) in [6.07, 6.45) is 1.55. The van der Waals surface area contributed by atoms with E-state index >= 15 is 0 Å². The lowest BCUT2D eigenvalue weighted by Gasteiger charge is -2.35. The van der Waals surface area contributed by atoms with E-state index in [1.54, 1.807) is 40.0 Å². The number of esters is 1. The Morgan fingerprint density at radius 1 is 1.22 bits per heavy atom. The number of carbonyl (C=O) groups excluding carboxylic acids is 1. The molecule has 2 aromatic rings. The molecular weight excluding hydrogens is 345 g/mol. The Morgan fingerprint density at radius 3 is 2.70 bits per heavy atom. The van der Waals surface area contributed by atoms with Crippen LogP contribution in [0.15, 0.2) is 24.3 Å². The van der Waals surface area contributed by atoms with Gasteiger partial charge < -0.3 is 14.8 Å². The van der Waals surface area contributed by atoms with Gasteiger partial charge in [0.25, 0.3) is 0 Å². The Morgan fingerprint density at radius 2 is 2.00 bits per heavy atom. The molecule has 0 bridgehead atoms. The second-order valence-electron chi connectivity index (χ2n) is 8.26.